The van der Waals surface area contributed by atoms with Crippen LogP contribution in [-0.4, -0.2) is 22.1 Å². The topological polar surface area (TPSA) is 63.8 Å². The summed E-state index contributed by atoms with van der Waals surface area (Å²) in [5.41, 5.74) is 6.82. The van der Waals surface area contributed by atoms with E-state index in [4.69, 9.17) is 17.3 Å². The van der Waals surface area contributed by atoms with Crippen molar-refractivity contribution in [3.8, 4) is 0 Å². The average Bonchev–Trinajstić information content (AvgIpc) is 2.76. The first-order valence-electron chi connectivity index (χ1n) is 6.15. The smallest absolute Gasteiger partial charge is 0.137 e. The number of hydrogen-bond acceptors (Lipinski definition) is 4. The highest BCUT2D eigenvalue weighted by molar-refractivity contribution is 6.31. The standard InChI is InChI=1S/C13H15ClN4/c14-8-1-4-12-11(5-8)13(17-7-16-12)18-10-3-2-9(15)6-10/h1,4-5,7,9-10H,2-3,6,15H2,(H,16,17,18)/t9-,10-/m0/s1. The molecular weight excluding hydrogens is 248 g/mol. The summed E-state index contributed by atoms with van der Waals surface area (Å²) < 4.78 is 0. The third kappa shape index (κ3) is 2.26. The summed E-state index contributed by atoms with van der Waals surface area (Å²) in [4.78, 5) is 8.55. The Bertz CT molecular complexity index is 572. The zero-order valence-corrected chi connectivity index (χ0v) is 10.7. The first kappa shape index (κ1) is 11.7. The number of benzene rings is 1. The molecular formula is C13H15ClN4. The molecule has 0 bridgehead atoms. The largest absolute Gasteiger partial charge is 0.367 e. The summed E-state index contributed by atoms with van der Waals surface area (Å²) in [5.74, 6) is 0.849. The van der Waals surface area contributed by atoms with Crippen molar-refractivity contribution in [2.24, 2.45) is 5.73 Å². The minimum absolute atomic E-state index is 0.305. The van der Waals surface area contributed by atoms with Gasteiger partial charge in [-0.05, 0) is 37.5 Å². The molecule has 5 heteroatoms. The van der Waals surface area contributed by atoms with Crippen molar-refractivity contribution < 1.29 is 0 Å². The van der Waals surface area contributed by atoms with E-state index in [0.29, 0.717) is 17.1 Å². The number of anilines is 1. The maximum absolute atomic E-state index is 6.03. The maximum Gasteiger partial charge on any atom is 0.137 e. The number of nitrogens with two attached hydrogens (primary N) is 1. The minimum Gasteiger partial charge on any atom is -0.367 e. The van der Waals surface area contributed by atoms with Crippen molar-refractivity contribution >= 4 is 28.3 Å². The molecule has 0 radical (unpaired) electrons. The van der Waals surface area contributed by atoms with Crippen LogP contribution in [0.2, 0.25) is 5.02 Å². The Morgan fingerprint density at radius 3 is 2.94 bits per heavy atom. The maximum atomic E-state index is 6.03. The van der Waals surface area contributed by atoms with Gasteiger partial charge in [0, 0.05) is 22.5 Å². The van der Waals surface area contributed by atoms with Crippen molar-refractivity contribution in [2.45, 2.75) is 31.3 Å². The second kappa shape index (κ2) is 4.71. The van der Waals surface area contributed by atoms with E-state index in [1.807, 2.05) is 18.2 Å². The number of hydrogen-bond donors (Lipinski definition) is 2. The van der Waals surface area contributed by atoms with Crippen molar-refractivity contribution in [1.82, 2.24) is 9.97 Å². The van der Waals surface area contributed by atoms with Crippen molar-refractivity contribution in [1.29, 1.82) is 0 Å². The summed E-state index contributed by atoms with van der Waals surface area (Å²) in [7, 11) is 0. The lowest BCUT2D eigenvalue weighted by Crippen LogP contribution is -2.21. The molecule has 1 aromatic heterocycles. The molecule has 1 aromatic carbocycles. The van der Waals surface area contributed by atoms with Crippen LogP contribution in [0.5, 0.6) is 0 Å². The Labute approximate surface area is 111 Å². The van der Waals surface area contributed by atoms with Crippen LogP contribution in [0.15, 0.2) is 24.5 Å². The molecule has 0 saturated heterocycles. The van der Waals surface area contributed by atoms with Gasteiger partial charge in [0.25, 0.3) is 0 Å². The van der Waals surface area contributed by atoms with Crippen molar-refractivity contribution in [3.63, 3.8) is 0 Å². The first-order valence-corrected chi connectivity index (χ1v) is 6.52. The molecule has 2 atom stereocenters. The van der Waals surface area contributed by atoms with Gasteiger partial charge in [-0.2, -0.15) is 0 Å². The van der Waals surface area contributed by atoms with Crippen LogP contribution >= 0.6 is 11.6 Å². The summed E-state index contributed by atoms with van der Waals surface area (Å²) >= 11 is 6.03. The van der Waals surface area contributed by atoms with Gasteiger partial charge in [-0.25, -0.2) is 9.97 Å². The summed E-state index contributed by atoms with van der Waals surface area (Å²) in [6.45, 7) is 0. The van der Waals surface area contributed by atoms with Gasteiger partial charge in [0.1, 0.15) is 12.1 Å². The van der Waals surface area contributed by atoms with Gasteiger partial charge in [0.15, 0.2) is 0 Å². The highest BCUT2D eigenvalue weighted by atomic mass is 35.5. The fraction of sp³-hybridized carbons (Fsp3) is 0.385. The first-order chi connectivity index (χ1) is 8.72. The van der Waals surface area contributed by atoms with Gasteiger partial charge in [0.2, 0.25) is 0 Å². The Morgan fingerprint density at radius 1 is 1.28 bits per heavy atom. The van der Waals surface area contributed by atoms with Crippen molar-refractivity contribution in [2.75, 3.05) is 5.32 Å². The van der Waals surface area contributed by atoms with Gasteiger partial charge >= 0.3 is 0 Å². The molecule has 18 heavy (non-hydrogen) atoms. The zero-order chi connectivity index (χ0) is 12.5. The van der Waals surface area contributed by atoms with E-state index in [0.717, 1.165) is 36.0 Å². The molecule has 1 heterocycles. The van der Waals surface area contributed by atoms with E-state index in [1.54, 1.807) is 6.33 Å². The van der Waals surface area contributed by atoms with Crippen LogP contribution in [0.4, 0.5) is 5.82 Å². The monoisotopic (exact) mass is 262 g/mol. The highest BCUT2D eigenvalue weighted by Crippen LogP contribution is 2.26. The quantitative estimate of drug-likeness (QED) is 0.873. The summed E-state index contributed by atoms with van der Waals surface area (Å²) in [5, 5.41) is 5.11. The number of fused-ring (bicyclic) bond motifs is 1. The Hall–Kier alpha value is -1.39. The van der Waals surface area contributed by atoms with Gasteiger partial charge in [0.05, 0.1) is 5.52 Å². The molecule has 3 rings (SSSR count). The lowest BCUT2D eigenvalue weighted by atomic mass is 10.2. The summed E-state index contributed by atoms with van der Waals surface area (Å²) in [6, 6.07) is 6.35. The number of nitrogens with zero attached hydrogens (tertiary/aromatic N) is 2. The van der Waals surface area contributed by atoms with E-state index in [1.165, 1.54) is 0 Å². The van der Waals surface area contributed by atoms with Crippen LogP contribution in [0.3, 0.4) is 0 Å². The van der Waals surface area contributed by atoms with Crippen molar-refractivity contribution in [3.05, 3.63) is 29.5 Å². The molecule has 0 unspecified atom stereocenters. The van der Waals surface area contributed by atoms with Crippen LogP contribution in [0, 0.1) is 0 Å². The zero-order valence-electron chi connectivity index (χ0n) is 9.94. The highest BCUT2D eigenvalue weighted by Gasteiger charge is 2.22. The molecule has 3 N–H and O–H groups in total. The molecule has 0 amide bonds. The lowest BCUT2D eigenvalue weighted by molar-refractivity contribution is 0.687. The minimum atomic E-state index is 0.305. The number of nitrogens with one attached hydrogen (secondary N) is 1. The Morgan fingerprint density at radius 2 is 2.17 bits per heavy atom. The van der Waals surface area contributed by atoms with E-state index in [2.05, 4.69) is 15.3 Å². The fourth-order valence-electron chi connectivity index (χ4n) is 2.48. The molecule has 4 nitrogen and oxygen atoms in total. The summed E-state index contributed by atoms with van der Waals surface area (Å²) in [6.07, 6.45) is 4.73. The Balaban J connectivity index is 1.93. The van der Waals surface area contributed by atoms with Crippen LogP contribution in [-0.2, 0) is 0 Å². The predicted molar refractivity (Wildman–Crippen MR) is 73.8 cm³/mol. The predicted octanol–water partition coefficient (Wildman–Crippen LogP) is 2.57. The molecule has 2 aromatic rings. The van der Waals surface area contributed by atoms with E-state index >= 15 is 0 Å². The molecule has 1 saturated carbocycles. The van der Waals surface area contributed by atoms with Gasteiger partial charge in [-0.15, -0.1) is 0 Å². The number of rotatable bonds is 2. The second-order valence-corrected chi connectivity index (χ2v) is 5.23. The van der Waals surface area contributed by atoms with Crippen LogP contribution < -0.4 is 11.1 Å². The SMILES string of the molecule is N[C@H]1CC[C@H](Nc2ncnc3ccc(Cl)cc23)C1. The fourth-order valence-corrected chi connectivity index (χ4v) is 2.66. The van der Waals surface area contributed by atoms with E-state index < -0.39 is 0 Å². The molecule has 0 aliphatic heterocycles. The van der Waals surface area contributed by atoms with Gasteiger partial charge in [-0.1, -0.05) is 11.6 Å². The number of halogens is 1. The van der Waals surface area contributed by atoms with E-state index in [9.17, 15) is 0 Å². The third-order valence-corrected chi connectivity index (χ3v) is 3.65. The van der Waals surface area contributed by atoms with Crippen LogP contribution in [0.1, 0.15) is 19.3 Å². The van der Waals surface area contributed by atoms with E-state index in [-0.39, 0.29) is 0 Å². The third-order valence-electron chi connectivity index (χ3n) is 3.41. The average molecular weight is 263 g/mol. The van der Waals surface area contributed by atoms with Crippen LogP contribution in [0.25, 0.3) is 10.9 Å². The van der Waals surface area contributed by atoms with Gasteiger partial charge < -0.3 is 11.1 Å². The number of aromatic nitrogens is 2. The van der Waals surface area contributed by atoms with Gasteiger partial charge in [-0.3, -0.25) is 0 Å². The second-order valence-electron chi connectivity index (χ2n) is 4.80. The molecule has 0 spiro atoms. The lowest BCUT2D eigenvalue weighted by Gasteiger charge is -2.14. The Kier molecular flexibility index (Phi) is 3.06. The molecule has 1 fully saturated rings. The molecule has 1 aliphatic carbocycles. The normalized spacial score (nSPS) is 23.4. The molecule has 94 valence electrons. The molecule has 1 aliphatic rings.